The second-order valence-electron chi connectivity index (χ2n) is 6.53. The van der Waals surface area contributed by atoms with Crippen molar-refractivity contribution >= 4 is 16.9 Å². The molecule has 1 saturated heterocycles. The monoisotopic (exact) mass is 375 g/mol. The molecule has 7 nitrogen and oxygen atoms in total. The Morgan fingerprint density at radius 3 is 2.70 bits per heavy atom. The first-order chi connectivity index (χ1) is 13.0. The fourth-order valence-corrected chi connectivity index (χ4v) is 3.19. The fraction of sp³-hybridized carbons (Fsp3) is 0.389. The second kappa shape index (κ2) is 7.07. The SMILES string of the molecule is Cc1ncnc(N2CCN(Cc3nc4ccc(C(F)F)cc4o3)CC2)c1O. The van der Waals surface area contributed by atoms with Crippen LogP contribution in [0.4, 0.5) is 14.6 Å². The van der Waals surface area contributed by atoms with Gasteiger partial charge >= 0.3 is 0 Å². The van der Waals surface area contributed by atoms with Gasteiger partial charge in [-0.25, -0.2) is 23.7 Å². The molecule has 1 aromatic carbocycles. The molecule has 1 aliphatic rings. The molecule has 1 N–H and O–H groups in total. The summed E-state index contributed by atoms with van der Waals surface area (Å²) < 4.78 is 31.3. The van der Waals surface area contributed by atoms with Crippen LogP contribution in [0.25, 0.3) is 11.1 Å². The lowest BCUT2D eigenvalue weighted by Crippen LogP contribution is -2.46. The van der Waals surface area contributed by atoms with E-state index >= 15 is 0 Å². The summed E-state index contributed by atoms with van der Waals surface area (Å²) in [7, 11) is 0. The van der Waals surface area contributed by atoms with E-state index in [1.165, 1.54) is 18.5 Å². The number of hydrogen-bond acceptors (Lipinski definition) is 7. The number of fused-ring (bicyclic) bond motifs is 1. The lowest BCUT2D eigenvalue weighted by atomic mass is 10.2. The number of aryl methyl sites for hydroxylation is 1. The molecule has 0 saturated carbocycles. The number of aromatic nitrogens is 3. The summed E-state index contributed by atoms with van der Waals surface area (Å²) in [6.07, 6.45) is -1.08. The number of piperazine rings is 1. The van der Waals surface area contributed by atoms with Crippen LogP contribution in [0, 0.1) is 6.92 Å². The Hall–Kier alpha value is -2.81. The standard InChI is InChI=1S/C18H19F2N5O2/c1-11-16(26)18(22-10-21-11)25-6-4-24(5-7-25)9-15-23-13-3-2-12(17(19)20)8-14(13)27-15/h2-3,8,10,17,26H,4-7,9H2,1H3. The van der Waals surface area contributed by atoms with E-state index in [4.69, 9.17) is 4.42 Å². The van der Waals surface area contributed by atoms with Crippen LogP contribution in [0.5, 0.6) is 5.75 Å². The summed E-state index contributed by atoms with van der Waals surface area (Å²) in [4.78, 5) is 16.7. The fourth-order valence-electron chi connectivity index (χ4n) is 3.19. The van der Waals surface area contributed by atoms with E-state index in [2.05, 4.69) is 19.9 Å². The van der Waals surface area contributed by atoms with Crippen LogP contribution in [0.15, 0.2) is 28.9 Å². The average Bonchev–Trinajstić information content (AvgIpc) is 3.06. The van der Waals surface area contributed by atoms with Crippen molar-refractivity contribution in [3.8, 4) is 5.75 Å². The van der Waals surface area contributed by atoms with Crippen molar-refractivity contribution < 1.29 is 18.3 Å². The molecule has 0 spiro atoms. The molecule has 1 fully saturated rings. The molecule has 0 bridgehead atoms. The molecule has 0 atom stereocenters. The zero-order valence-electron chi connectivity index (χ0n) is 14.8. The molecule has 0 radical (unpaired) electrons. The van der Waals surface area contributed by atoms with E-state index in [0.717, 1.165) is 13.1 Å². The van der Waals surface area contributed by atoms with Crippen LogP contribution < -0.4 is 4.90 Å². The normalized spacial score (nSPS) is 15.8. The third-order valence-corrected chi connectivity index (χ3v) is 4.73. The number of nitrogens with zero attached hydrogens (tertiary/aromatic N) is 5. The molecule has 0 unspecified atom stereocenters. The quantitative estimate of drug-likeness (QED) is 0.751. The topological polar surface area (TPSA) is 78.5 Å². The number of halogens is 2. The van der Waals surface area contributed by atoms with Gasteiger partial charge < -0.3 is 14.4 Å². The summed E-state index contributed by atoms with van der Waals surface area (Å²) >= 11 is 0. The molecule has 1 aliphatic heterocycles. The number of anilines is 1. The van der Waals surface area contributed by atoms with Gasteiger partial charge in [0.2, 0.25) is 5.89 Å². The maximum atomic E-state index is 12.8. The van der Waals surface area contributed by atoms with Gasteiger partial charge in [-0.1, -0.05) is 6.07 Å². The first-order valence-electron chi connectivity index (χ1n) is 8.66. The minimum atomic E-state index is -2.53. The van der Waals surface area contributed by atoms with Crippen LogP contribution in [-0.4, -0.2) is 51.1 Å². The first kappa shape index (κ1) is 17.6. The van der Waals surface area contributed by atoms with Gasteiger partial charge in [-0.3, -0.25) is 4.90 Å². The van der Waals surface area contributed by atoms with Crippen molar-refractivity contribution in [2.24, 2.45) is 0 Å². The minimum absolute atomic E-state index is 0.0706. The van der Waals surface area contributed by atoms with E-state index in [9.17, 15) is 13.9 Å². The van der Waals surface area contributed by atoms with Gasteiger partial charge in [0, 0.05) is 31.7 Å². The number of benzene rings is 1. The molecule has 2 aromatic heterocycles. The number of rotatable bonds is 4. The number of hydrogen-bond donors (Lipinski definition) is 1. The van der Waals surface area contributed by atoms with Crippen LogP contribution in [-0.2, 0) is 6.54 Å². The highest BCUT2D eigenvalue weighted by molar-refractivity contribution is 5.73. The Labute approximate surface area is 154 Å². The third kappa shape index (κ3) is 3.55. The van der Waals surface area contributed by atoms with Crippen molar-refractivity contribution in [2.45, 2.75) is 19.9 Å². The van der Waals surface area contributed by atoms with Crippen LogP contribution in [0.1, 0.15) is 23.6 Å². The molecule has 3 aromatic rings. The molecule has 142 valence electrons. The Balaban J connectivity index is 1.42. The van der Waals surface area contributed by atoms with E-state index in [1.807, 2.05) is 4.90 Å². The molecule has 0 aliphatic carbocycles. The maximum absolute atomic E-state index is 12.8. The van der Waals surface area contributed by atoms with Gasteiger partial charge in [0.1, 0.15) is 11.8 Å². The van der Waals surface area contributed by atoms with Crippen LogP contribution in [0.3, 0.4) is 0 Å². The summed E-state index contributed by atoms with van der Waals surface area (Å²) in [6.45, 7) is 5.11. The predicted octanol–water partition coefficient (Wildman–Crippen LogP) is 2.89. The molecular weight excluding hydrogens is 356 g/mol. The van der Waals surface area contributed by atoms with Gasteiger partial charge in [-0.05, 0) is 19.1 Å². The van der Waals surface area contributed by atoms with Gasteiger partial charge in [0.15, 0.2) is 17.2 Å². The van der Waals surface area contributed by atoms with Gasteiger partial charge in [0.05, 0.1) is 12.2 Å². The zero-order chi connectivity index (χ0) is 19.0. The number of alkyl halides is 2. The lowest BCUT2D eigenvalue weighted by molar-refractivity contribution is 0.151. The Morgan fingerprint density at radius 2 is 1.96 bits per heavy atom. The molecule has 9 heteroatoms. The highest BCUT2D eigenvalue weighted by Gasteiger charge is 2.22. The molecule has 0 amide bonds. The van der Waals surface area contributed by atoms with E-state index < -0.39 is 6.43 Å². The van der Waals surface area contributed by atoms with Crippen molar-refractivity contribution in [1.82, 2.24) is 19.9 Å². The summed E-state index contributed by atoms with van der Waals surface area (Å²) in [5, 5.41) is 10.1. The molecule has 3 heterocycles. The average molecular weight is 375 g/mol. The van der Waals surface area contributed by atoms with Crippen LogP contribution in [0.2, 0.25) is 0 Å². The minimum Gasteiger partial charge on any atom is -0.503 e. The zero-order valence-corrected chi connectivity index (χ0v) is 14.8. The first-order valence-corrected chi connectivity index (χ1v) is 8.66. The number of aromatic hydroxyl groups is 1. The largest absolute Gasteiger partial charge is 0.503 e. The van der Waals surface area contributed by atoms with Crippen molar-refractivity contribution in [3.05, 3.63) is 41.7 Å². The smallest absolute Gasteiger partial charge is 0.263 e. The maximum Gasteiger partial charge on any atom is 0.263 e. The van der Waals surface area contributed by atoms with Crippen molar-refractivity contribution in [1.29, 1.82) is 0 Å². The Kier molecular flexibility index (Phi) is 4.61. The second-order valence-corrected chi connectivity index (χ2v) is 6.53. The van der Waals surface area contributed by atoms with E-state index in [0.29, 0.717) is 48.1 Å². The Bertz CT molecular complexity index is 954. The number of oxazole rings is 1. The van der Waals surface area contributed by atoms with Gasteiger partial charge in [-0.2, -0.15) is 0 Å². The van der Waals surface area contributed by atoms with Gasteiger partial charge in [-0.15, -0.1) is 0 Å². The van der Waals surface area contributed by atoms with E-state index in [-0.39, 0.29) is 11.3 Å². The third-order valence-electron chi connectivity index (χ3n) is 4.73. The molecule has 4 rings (SSSR count). The highest BCUT2D eigenvalue weighted by atomic mass is 19.3. The van der Waals surface area contributed by atoms with Crippen molar-refractivity contribution in [2.75, 3.05) is 31.1 Å². The van der Waals surface area contributed by atoms with E-state index in [1.54, 1.807) is 13.0 Å². The summed E-state index contributed by atoms with van der Waals surface area (Å²) in [5.74, 6) is 1.16. The summed E-state index contributed by atoms with van der Waals surface area (Å²) in [5.41, 5.74) is 1.44. The predicted molar refractivity (Wildman–Crippen MR) is 94.9 cm³/mol. The summed E-state index contributed by atoms with van der Waals surface area (Å²) in [6, 6.07) is 4.27. The van der Waals surface area contributed by atoms with Crippen LogP contribution >= 0.6 is 0 Å². The molecular formula is C18H19F2N5O2. The molecule has 27 heavy (non-hydrogen) atoms. The lowest BCUT2D eigenvalue weighted by Gasteiger charge is -2.34. The van der Waals surface area contributed by atoms with Crippen molar-refractivity contribution in [3.63, 3.8) is 0 Å². The highest BCUT2D eigenvalue weighted by Crippen LogP contribution is 2.28. The van der Waals surface area contributed by atoms with Gasteiger partial charge in [0.25, 0.3) is 6.43 Å². The Morgan fingerprint density at radius 1 is 1.19 bits per heavy atom.